The van der Waals surface area contributed by atoms with Gasteiger partial charge in [-0.3, -0.25) is 0 Å². The first-order valence-electron chi connectivity index (χ1n) is 6.94. The van der Waals surface area contributed by atoms with Crippen LogP contribution in [0.1, 0.15) is 43.4 Å². The van der Waals surface area contributed by atoms with Gasteiger partial charge < -0.3 is 5.32 Å². The number of rotatable bonds is 4. The minimum Gasteiger partial charge on any atom is -0.309 e. The molecule has 1 nitrogen and oxygen atoms in total. The van der Waals surface area contributed by atoms with Crippen molar-refractivity contribution in [1.82, 2.24) is 5.32 Å². The first-order valence-corrected chi connectivity index (χ1v) is 7.99. The number of nitrogens with one attached hydrogen (secondary N) is 1. The summed E-state index contributed by atoms with van der Waals surface area (Å²) in [5.74, 6) is -0.277. The third-order valence-electron chi connectivity index (χ3n) is 3.65. The summed E-state index contributed by atoms with van der Waals surface area (Å²) in [5.41, 5.74) is 0.845. The number of hydrogen-bond donors (Lipinski definition) is 1. The highest BCUT2D eigenvalue weighted by Gasteiger charge is 2.28. The lowest BCUT2D eigenvalue weighted by Gasteiger charge is -2.31. The molecule has 0 radical (unpaired) electrons. The Kier molecular flexibility index (Phi) is 5.22. The van der Waals surface area contributed by atoms with Crippen LogP contribution in [0.25, 0.3) is 0 Å². The molecule has 0 aromatic heterocycles. The summed E-state index contributed by atoms with van der Waals surface area (Å²) in [5, 5.41) is 3.67. The lowest BCUT2D eigenvalue weighted by Crippen LogP contribution is -2.32. The Balaban J connectivity index is 2.30. The first-order chi connectivity index (χ1) is 9.15. The second-order valence-corrected chi connectivity index (χ2v) is 6.39. The molecule has 1 aliphatic rings. The van der Waals surface area contributed by atoms with Crippen LogP contribution in [0.3, 0.4) is 0 Å². The Morgan fingerprint density at radius 3 is 2.74 bits per heavy atom. The van der Waals surface area contributed by atoms with E-state index in [9.17, 15) is 8.78 Å². The molecule has 2 rings (SSSR count). The number of hydrogen-bond acceptors (Lipinski definition) is 2. The van der Waals surface area contributed by atoms with Crippen LogP contribution in [0.15, 0.2) is 12.1 Å². The monoisotopic (exact) mass is 285 g/mol. The molecule has 4 heteroatoms. The minimum absolute atomic E-state index is 0.0922. The van der Waals surface area contributed by atoms with Gasteiger partial charge in [0, 0.05) is 16.9 Å². The van der Waals surface area contributed by atoms with Gasteiger partial charge >= 0.3 is 0 Å². The maximum atomic E-state index is 14.2. The van der Waals surface area contributed by atoms with Crippen molar-refractivity contribution < 1.29 is 8.78 Å². The van der Waals surface area contributed by atoms with Crippen molar-refractivity contribution in [2.24, 2.45) is 0 Å². The van der Waals surface area contributed by atoms with Crippen molar-refractivity contribution in [3.8, 4) is 0 Å². The van der Waals surface area contributed by atoms with Gasteiger partial charge in [-0.05, 0) is 37.6 Å². The van der Waals surface area contributed by atoms with E-state index in [1.165, 1.54) is 12.8 Å². The van der Waals surface area contributed by atoms with Gasteiger partial charge in [-0.1, -0.05) is 25.5 Å². The van der Waals surface area contributed by atoms with Crippen LogP contribution in [-0.2, 0) is 0 Å². The van der Waals surface area contributed by atoms with Crippen molar-refractivity contribution in [2.45, 2.75) is 44.4 Å². The highest BCUT2D eigenvalue weighted by atomic mass is 32.2. The topological polar surface area (TPSA) is 12.0 Å². The molecule has 1 heterocycles. The van der Waals surface area contributed by atoms with Crippen molar-refractivity contribution >= 4 is 11.8 Å². The van der Waals surface area contributed by atoms with Crippen molar-refractivity contribution in [1.29, 1.82) is 0 Å². The molecule has 1 fully saturated rings. The van der Waals surface area contributed by atoms with E-state index in [2.05, 4.69) is 5.32 Å². The van der Waals surface area contributed by atoms with E-state index >= 15 is 0 Å². The molecule has 0 spiro atoms. The highest BCUT2D eigenvalue weighted by molar-refractivity contribution is 8.00. The quantitative estimate of drug-likeness (QED) is 0.889. The van der Waals surface area contributed by atoms with E-state index in [1.807, 2.05) is 18.7 Å². The van der Waals surface area contributed by atoms with Gasteiger partial charge in [-0.2, -0.15) is 11.8 Å². The van der Waals surface area contributed by atoms with E-state index < -0.39 is 11.6 Å². The van der Waals surface area contributed by atoms with E-state index in [0.29, 0.717) is 16.4 Å². The zero-order valence-corrected chi connectivity index (χ0v) is 12.3. The molecule has 1 N–H and O–H groups in total. The number of halogens is 2. The van der Waals surface area contributed by atoms with Crippen LogP contribution < -0.4 is 5.32 Å². The molecule has 0 aliphatic carbocycles. The summed E-state index contributed by atoms with van der Waals surface area (Å²) in [6.07, 6.45) is 3.47. The third-order valence-corrected chi connectivity index (χ3v) is 5.11. The molecule has 1 aliphatic heterocycles. The average Bonchev–Trinajstić information content (AvgIpc) is 2.44. The molecule has 0 bridgehead atoms. The van der Waals surface area contributed by atoms with Crippen LogP contribution >= 0.6 is 11.8 Å². The molecule has 2 atom stereocenters. The van der Waals surface area contributed by atoms with Crippen LogP contribution in [-0.4, -0.2) is 17.5 Å². The summed E-state index contributed by atoms with van der Waals surface area (Å²) >= 11 is 1.87. The van der Waals surface area contributed by atoms with E-state index in [0.717, 1.165) is 18.7 Å². The fourth-order valence-electron chi connectivity index (χ4n) is 2.59. The van der Waals surface area contributed by atoms with Gasteiger partial charge in [0.15, 0.2) is 11.6 Å². The molecule has 1 saturated heterocycles. The number of thioether (sulfide) groups is 1. The lowest BCUT2D eigenvalue weighted by molar-refractivity contribution is 0.442. The molecule has 0 amide bonds. The Hall–Kier alpha value is -0.610. The van der Waals surface area contributed by atoms with E-state index in [4.69, 9.17) is 0 Å². The van der Waals surface area contributed by atoms with Gasteiger partial charge in [0.1, 0.15) is 0 Å². The molecule has 1 aromatic rings. The predicted molar refractivity (Wildman–Crippen MR) is 77.6 cm³/mol. The van der Waals surface area contributed by atoms with Crippen molar-refractivity contribution in [3.05, 3.63) is 34.9 Å². The summed E-state index contributed by atoms with van der Waals surface area (Å²) < 4.78 is 27.9. The second-order valence-electron chi connectivity index (χ2n) is 5.04. The fourth-order valence-corrected chi connectivity index (χ4v) is 4.03. The summed E-state index contributed by atoms with van der Waals surface area (Å²) in [4.78, 5) is 0. The molecular weight excluding hydrogens is 264 g/mol. The molecule has 19 heavy (non-hydrogen) atoms. The maximum Gasteiger partial charge on any atom is 0.163 e. The largest absolute Gasteiger partial charge is 0.309 e. The smallest absolute Gasteiger partial charge is 0.163 e. The lowest BCUT2D eigenvalue weighted by atomic mass is 9.97. The first kappa shape index (κ1) is 14.8. The molecule has 2 unspecified atom stereocenters. The number of benzene rings is 1. The Morgan fingerprint density at radius 1 is 1.32 bits per heavy atom. The normalized spacial score (nSPS) is 21.4. The predicted octanol–water partition coefficient (Wildman–Crippen LogP) is 4.21. The van der Waals surface area contributed by atoms with Gasteiger partial charge in [0.05, 0.1) is 0 Å². The second kappa shape index (κ2) is 6.71. The molecular formula is C15H21F2NS. The summed E-state index contributed by atoms with van der Waals surface area (Å²) in [6.45, 7) is 4.36. The summed E-state index contributed by atoms with van der Waals surface area (Å²) in [6, 6.07) is 3.31. The van der Waals surface area contributed by atoms with Crippen LogP contribution in [0, 0.1) is 18.6 Å². The Morgan fingerprint density at radius 2 is 2.11 bits per heavy atom. The van der Waals surface area contributed by atoms with Crippen molar-refractivity contribution in [2.75, 3.05) is 12.3 Å². The van der Waals surface area contributed by atoms with Gasteiger partial charge in [-0.15, -0.1) is 0 Å². The van der Waals surface area contributed by atoms with E-state index in [-0.39, 0.29) is 6.04 Å². The summed E-state index contributed by atoms with van der Waals surface area (Å²) in [7, 11) is 0. The van der Waals surface area contributed by atoms with Gasteiger partial charge in [0.25, 0.3) is 0 Å². The Labute approximate surface area is 118 Å². The van der Waals surface area contributed by atoms with Gasteiger partial charge in [-0.25, -0.2) is 8.78 Å². The molecule has 1 aromatic carbocycles. The average molecular weight is 285 g/mol. The van der Waals surface area contributed by atoms with Gasteiger partial charge in [0.2, 0.25) is 0 Å². The van der Waals surface area contributed by atoms with Crippen LogP contribution in [0.2, 0.25) is 0 Å². The molecule has 106 valence electrons. The fraction of sp³-hybridized carbons (Fsp3) is 0.600. The van der Waals surface area contributed by atoms with Crippen molar-refractivity contribution in [3.63, 3.8) is 0 Å². The van der Waals surface area contributed by atoms with E-state index in [1.54, 1.807) is 19.1 Å². The highest BCUT2D eigenvalue weighted by Crippen LogP contribution is 2.36. The SMILES string of the molecule is CCNC(c1ccc(C)c(F)c1F)C1CCCCS1. The molecule has 0 saturated carbocycles. The zero-order valence-electron chi connectivity index (χ0n) is 11.5. The third kappa shape index (κ3) is 3.29. The maximum absolute atomic E-state index is 14.2. The van der Waals surface area contributed by atoms with Crippen LogP contribution in [0.4, 0.5) is 8.78 Å². The van der Waals surface area contributed by atoms with Crippen LogP contribution in [0.5, 0.6) is 0 Å². The zero-order chi connectivity index (χ0) is 13.8. The standard InChI is InChI=1S/C15H21F2NS/c1-3-18-15(12-6-4-5-9-19-12)11-8-7-10(2)13(16)14(11)17/h7-8,12,15,18H,3-6,9H2,1-2H3. The minimum atomic E-state index is -0.707. The Bertz CT molecular complexity index is 430. The number of aryl methyl sites for hydroxylation is 1.